The first kappa shape index (κ1) is 12.6. The van der Waals surface area contributed by atoms with Crippen molar-refractivity contribution in [3.05, 3.63) is 42.5 Å². The molecular formula is C17H16O3. The molecule has 0 aliphatic rings. The van der Waals surface area contributed by atoms with Crippen LogP contribution in [0.15, 0.2) is 42.5 Å². The van der Waals surface area contributed by atoms with Gasteiger partial charge in [0.2, 0.25) is 0 Å². The van der Waals surface area contributed by atoms with Crippen molar-refractivity contribution >= 4 is 21.5 Å². The van der Waals surface area contributed by atoms with E-state index in [0.29, 0.717) is 0 Å². The molecule has 0 N–H and O–H groups in total. The molecule has 0 radical (unpaired) electrons. The van der Waals surface area contributed by atoms with Crippen LogP contribution in [0, 0.1) is 0 Å². The van der Waals surface area contributed by atoms with Crippen molar-refractivity contribution in [1.29, 1.82) is 0 Å². The van der Waals surface area contributed by atoms with Gasteiger partial charge in [0.25, 0.3) is 0 Å². The van der Waals surface area contributed by atoms with E-state index >= 15 is 0 Å². The molecule has 0 atom stereocenters. The fourth-order valence-electron chi connectivity index (χ4n) is 2.49. The zero-order chi connectivity index (χ0) is 14.1. The first-order valence-corrected chi connectivity index (χ1v) is 6.39. The van der Waals surface area contributed by atoms with Crippen LogP contribution in [-0.2, 0) is 0 Å². The lowest BCUT2D eigenvalue weighted by Gasteiger charge is -2.11. The summed E-state index contributed by atoms with van der Waals surface area (Å²) in [5.41, 5.74) is 0. The second-order valence-corrected chi connectivity index (χ2v) is 4.58. The van der Waals surface area contributed by atoms with E-state index in [1.165, 1.54) is 5.39 Å². The number of rotatable bonds is 3. The molecule has 3 aromatic rings. The molecule has 0 heterocycles. The summed E-state index contributed by atoms with van der Waals surface area (Å²) in [6, 6.07) is 14.3. The Morgan fingerprint density at radius 3 is 1.90 bits per heavy atom. The van der Waals surface area contributed by atoms with E-state index in [1.54, 1.807) is 21.3 Å². The highest BCUT2D eigenvalue weighted by molar-refractivity contribution is 6.09. The van der Waals surface area contributed by atoms with E-state index in [0.717, 1.165) is 33.4 Å². The lowest BCUT2D eigenvalue weighted by molar-refractivity contribution is 0.356. The van der Waals surface area contributed by atoms with Gasteiger partial charge in [-0.3, -0.25) is 0 Å². The fourth-order valence-corrected chi connectivity index (χ4v) is 2.49. The third kappa shape index (κ3) is 1.92. The van der Waals surface area contributed by atoms with E-state index < -0.39 is 0 Å². The van der Waals surface area contributed by atoms with Gasteiger partial charge in [-0.1, -0.05) is 18.2 Å². The Morgan fingerprint density at radius 2 is 1.20 bits per heavy atom. The first-order chi connectivity index (χ1) is 9.76. The molecule has 102 valence electrons. The van der Waals surface area contributed by atoms with Gasteiger partial charge in [-0.05, 0) is 45.8 Å². The third-order valence-corrected chi connectivity index (χ3v) is 3.55. The van der Waals surface area contributed by atoms with Crippen molar-refractivity contribution in [1.82, 2.24) is 0 Å². The molecule has 3 nitrogen and oxygen atoms in total. The van der Waals surface area contributed by atoms with E-state index in [2.05, 4.69) is 18.2 Å². The van der Waals surface area contributed by atoms with E-state index in [9.17, 15) is 0 Å². The van der Waals surface area contributed by atoms with Gasteiger partial charge < -0.3 is 14.2 Å². The zero-order valence-corrected chi connectivity index (χ0v) is 11.8. The van der Waals surface area contributed by atoms with Crippen LogP contribution < -0.4 is 14.2 Å². The van der Waals surface area contributed by atoms with Crippen LogP contribution >= 0.6 is 0 Å². The molecule has 0 amide bonds. The van der Waals surface area contributed by atoms with Crippen LogP contribution in [-0.4, -0.2) is 21.3 Å². The smallest absolute Gasteiger partial charge is 0.161 e. The summed E-state index contributed by atoms with van der Waals surface area (Å²) < 4.78 is 16.1. The Hall–Kier alpha value is -2.42. The molecular weight excluding hydrogens is 252 g/mol. The highest BCUT2D eigenvalue weighted by Crippen LogP contribution is 2.36. The number of methoxy groups -OCH3 is 3. The van der Waals surface area contributed by atoms with Crippen LogP contribution in [0.2, 0.25) is 0 Å². The molecule has 0 fully saturated rings. The molecule has 0 bridgehead atoms. The molecule has 0 aromatic heterocycles. The highest BCUT2D eigenvalue weighted by Gasteiger charge is 2.09. The summed E-state index contributed by atoms with van der Waals surface area (Å²) in [4.78, 5) is 0. The summed E-state index contributed by atoms with van der Waals surface area (Å²) in [6.07, 6.45) is 0. The average molecular weight is 268 g/mol. The van der Waals surface area contributed by atoms with Crippen LogP contribution in [0.25, 0.3) is 21.5 Å². The minimum atomic E-state index is 0.732. The average Bonchev–Trinajstić information content (AvgIpc) is 2.52. The predicted octanol–water partition coefficient (Wildman–Crippen LogP) is 4.02. The van der Waals surface area contributed by atoms with E-state index in [-0.39, 0.29) is 0 Å². The van der Waals surface area contributed by atoms with E-state index in [1.807, 2.05) is 24.3 Å². The SMILES string of the molecule is COc1ccc2ccc3cc(OC)c(OC)cc3c2c1. The van der Waals surface area contributed by atoms with Crippen LogP contribution in [0.5, 0.6) is 17.2 Å². The van der Waals surface area contributed by atoms with Gasteiger partial charge in [0, 0.05) is 0 Å². The Morgan fingerprint density at radius 1 is 0.600 bits per heavy atom. The summed E-state index contributed by atoms with van der Waals surface area (Å²) in [5, 5.41) is 4.55. The zero-order valence-electron chi connectivity index (χ0n) is 11.8. The maximum Gasteiger partial charge on any atom is 0.161 e. The molecule has 3 aromatic carbocycles. The predicted molar refractivity (Wildman–Crippen MR) is 81.1 cm³/mol. The van der Waals surface area contributed by atoms with E-state index in [4.69, 9.17) is 14.2 Å². The third-order valence-electron chi connectivity index (χ3n) is 3.55. The standard InChI is InChI=1S/C17H16O3/c1-18-13-7-6-11-4-5-12-8-16(19-2)17(20-3)10-15(12)14(11)9-13/h4-10H,1-3H3. The van der Waals surface area contributed by atoms with Gasteiger partial charge >= 0.3 is 0 Å². The first-order valence-electron chi connectivity index (χ1n) is 6.39. The van der Waals surface area contributed by atoms with Gasteiger partial charge in [0.05, 0.1) is 21.3 Å². The second-order valence-electron chi connectivity index (χ2n) is 4.58. The number of ether oxygens (including phenoxy) is 3. The van der Waals surface area contributed by atoms with Crippen LogP contribution in [0.3, 0.4) is 0 Å². The topological polar surface area (TPSA) is 27.7 Å². The van der Waals surface area contributed by atoms with Crippen molar-refractivity contribution in [3.63, 3.8) is 0 Å². The van der Waals surface area contributed by atoms with Crippen LogP contribution in [0.4, 0.5) is 0 Å². The minimum absolute atomic E-state index is 0.732. The largest absolute Gasteiger partial charge is 0.497 e. The second kappa shape index (κ2) is 4.93. The Bertz CT molecular complexity index is 778. The Kier molecular flexibility index (Phi) is 3.11. The summed E-state index contributed by atoms with van der Waals surface area (Å²) >= 11 is 0. The van der Waals surface area contributed by atoms with Crippen molar-refractivity contribution in [2.24, 2.45) is 0 Å². The Labute approximate surface area is 117 Å². The lowest BCUT2D eigenvalue weighted by Crippen LogP contribution is -1.91. The van der Waals surface area contributed by atoms with Gasteiger partial charge in [-0.2, -0.15) is 0 Å². The molecule has 0 unspecified atom stereocenters. The number of benzene rings is 3. The summed E-state index contributed by atoms with van der Waals surface area (Å²) in [5.74, 6) is 2.32. The minimum Gasteiger partial charge on any atom is -0.497 e. The number of fused-ring (bicyclic) bond motifs is 3. The molecule has 3 heteroatoms. The lowest BCUT2D eigenvalue weighted by atomic mass is 10.0. The van der Waals surface area contributed by atoms with Gasteiger partial charge in [-0.15, -0.1) is 0 Å². The van der Waals surface area contributed by atoms with Crippen molar-refractivity contribution < 1.29 is 14.2 Å². The van der Waals surface area contributed by atoms with Crippen molar-refractivity contribution in [2.75, 3.05) is 21.3 Å². The number of hydrogen-bond donors (Lipinski definition) is 0. The molecule has 3 rings (SSSR count). The number of hydrogen-bond acceptors (Lipinski definition) is 3. The molecule has 0 aliphatic heterocycles. The maximum atomic E-state index is 5.39. The van der Waals surface area contributed by atoms with Crippen molar-refractivity contribution in [3.8, 4) is 17.2 Å². The summed E-state index contributed by atoms with van der Waals surface area (Å²) in [7, 11) is 4.97. The molecule has 0 spiro atoms. The quantitative estimate of drug-likeness (QED) is 0.671. The Balaban J connectivity index is 2.39. The maximum absolute atomic E-state index is 5.39. The summed E-state index contributed by atoms with van der Waals surface area (Å²) in [6.45, 7) is 0. The van der Waals surface area contributed by atoms with Gasteiger partial charge in [0.15, 0.2) is 11.5 Å². The van der Waals surface area contributed by atoms with Crippen molar-refractivity contribution in [2.45, 2.75) is 0 Å². The molecule has 20 heavy (non-hydrogen) atoms. The van der Waals surface area contributed by atoms with Gasteiger partial charge in [0.1, 0.15) is 5.75 Å². The fraction of sp³-hybridized carbons (Fsp3) is 0.176. The molecule has 0 saturated heterocycles. The monoisotopic (exact) mass is 268 g/mol. The molecule has 0 aliphatic carbocycles. The normalized spacial score (nSPS) is 10.8. The molecule has 0 saturated carbocycles. The van der Waals surface area contributed by atoms with Gasteiger partial charge in [-0.25, -0.2) is 0 Å². The van der Waals surface area contributed by atoms with Crippen LogP contribution in [0.1, 0.15) is 0 Å². The highest BCUT2D eigenvalue weighted by atomic mass is 16.5.